The maximum atomic E-state index is 5.56. The minimum Gasteiger partial charge on any atom is -0.481 e. The molecule has 2 aromatic heterocycles. The lowest BCUT2D eigenvalue weighted by molar-refractivity contribution is 0.105. The Labute approximate surface area is 93.0 Å². The van der Waals surface area contributed by atoms with Crippen LogP contribution in [0.2, 0.25) is 0 Å². The maximum absolute atomic E-state index is 5.56. The van der Waals surface area contributed by atoms with E-state index in [2.05, 4.69) is 10.1 Å². The number of nitrogens with zero attached hydrogens (tertiary/aromatic N) is 3. The van der Waals surface area contributed by atoms with Gasteiger partial charge in [-0.15, -0.1) is 5.10 Å². The second-order valence-corrected chi connectivity index (χ2v) is 3.81. The molecule has 0 spiro atoms. The number of hydrogen-bond donors (Lipinski definition) is 0. The van der Waals surface area contributed by atoms with Crippen molar-refractivity contribution in [1.82, 2.24) is 14.6 Å². The average Bonchev–Trinajstić information content (AvgIpc) is 2.96. The van der Waals surface area contributed by atoms with Crippen LogP contribution in [0.15, 0.2) is 18.2 Å². The normalized spacial score (nSPS) is 20.4. The van der Waals surface area contributed by atoms with Crippen LogP contribution in [-0.2, 0) is 4.74 Å². The minimum atomic E-state index is 0.0459. The first-order chi connectivity index (χ1) is 7.88. The Kier molecular flexibility index (Phi) is 2.25. The van der Waals surface area contributed by atoms with Crippen molar-refractivity contribution in [3.05, 3.63) is 24.0 Å². The van der Waals surface area contributed by atoms with Crippen LogP contribution in [-0.4, -0.2) is 28.3 Å². The lowest BCUT2D eigenvalue weighted by Crippen LogP contribution is -1.99. The molecule has 0 aliphatic carbocycles. The van der Waals surface area contributed by atoms with E-state index in [0.29, 0.717) is 5.88 Å². The third-order valence-electron chi connectivity index (χ3n) is 2.77. The molecule has 3 rings (SSSR count). The third-order valence-corrected chi connectivity index (χ3v) is 2.77. The highest BCUT2D eigenvalue weighted by molar-refractivity contribution is 5.41. The Bertz CT molecular complexity index is 503. The molecule has 1 aliphatic rings. The summed E-state index contributed by atoms with van der Waals surface area (Å²) in [7, 11) is 1.63. The molecule has 84 valence electrons. The smallest absolute Gasteiger partial charge is 0.216 e. The number of aromatic nitrogens is 3. The first-order valence-electron chi connectivity index (χ1n) is 5.40. The first-order valence-corrected chi connectivity index (χ1v) is 5.40. The largest absolute Gasteiger partial charge is 0.481 e. The second-order valence-electron chi connectivity index (χ2n) is 3.81. The predicted octanol–water partition coefficient (Wildman–Crippen LogP) is 1.59. The van der Waals surface area contributed by atoms with Gasteiger partial charge in [0.1, 0.15) is 6.10 Å². The Morgan fingerprint density at radius 2 is 2.44 bits per heavy atom. The van der Waals surface area contributed by atoms with Crippen LogP contribution in [0.3, 0.4) is 0 Å². The standard InChI is InChI=1S/C11H13N3O2/c1-15-10-6-2-5-9-12-11(13-14(9)10)8-4-3-7-16-8/h2,5-6,8H,3-4,7H2,1H3. The number of pyridine rings is 1. The van der Waals surface area contributed by atoms with E-state index in [9.17, 15) is 0 Å². The van der Waals surface area contributed by atoms with Gasteiger partial charge in [0, 0.05) is 12.7 Å². The van der Waals surface area contributed by atoms with Gasteiger partial charge in [-0.1, -0.05) is 6.07 Å². The molecule has 1 fully saturated rings. The summed E-state index contributed by atoms with van der Waals surface area (Å²) < 4.78 is 12.5. The zero-order valence-corrected chi connectivity index (χ0v) is 9.09. The summed E-state index contributed by atoms with van der Waals surface area (Å²) >= 11 is 0. The Balaban J connectivity index is 2.07. The topological polar surface area (TPSA) is 48.7 Å². The van der Waals surface area contributed by atoms with Crippen molar-refractivity contribution in [2.75, 3.05) is 13.7 Å². The van der Waals surface area contributed by atoms with Crippen LogP contribution in [0.1, 0.15) is 24.8 Å². The van der Waals surface area contributed by atoms with Crippen molar-refractivity contribution < 1.29 is 9.47 Å². The number of fused-ring (bicyclic) bond motifs is 1. The molecule has 16 heavy (non-hydrogen) atoms. The molecule has 1 aliphatic heterocycles. The van der Waals surface area contributed by atoms with Crippen LogP contribution in [0.4, 0.5) is 0 Å². The van der Waals surface area contributed by atoms with Gasteiger partial charge in [0.15, 0.2) is 11.5 Å². The van der Waals surface area contributed by atoms with Gasteiger partial charge in [0.2, 0.25) is 5.88 Å². The Morgan fingerprint density at radius 3 is 3.19 bits per heavy atom. The second kappa shape index (κ2) is 3.75. The molecule has 0 N–H and O–H groups in total. The summed E-state index contributed by atoms with van der Waals surface area (Å²) in [6.07, 6.45) is 2.13. The quantitative estimate of drug-likeness (QED) is 0.769. The van der Waals surface area contributed by atoms with E-state index in [-0.39, 0.29) is 6.10 Å². The molecule has 0 radical (unpaired) electrons. The van der Waals surface area contributed by atoms with Crippen molar-refractivity contribution >= 4 is 5.65 Å². The van der Waals surface area contributed by atoms with E-state index in [4.69, 9.17) is 9.47 Å². The van der Waals surface area contributed by atoms with Crippen LogP contribution >= 0.6 is 0 Å². The van der Waals surface area contributed by atoms with E-state index >= 15 is 0 Å². The van der Waals surface area contributed by atoms with Crippen LogP contribution in [0.5, 0.6) is 5.88 Å². The molecule has 2 aromatic rings. The van der Waals surface area contributed by atoms with Gasteiger partial charge in [-0.25, -0.2) is 4.98 Å². The molecule has 5 nitrogen and oxygen atoms in total. The highest BCUT2D eigenvalue weighted by atomic mass is 16.5. The van der Waals surface area contributed by atoms with E-state index in [0.717, 1.165) is 30.9 Å². The van der Waals surface area contributed by atoms with Gasteiger partial charge in [-0.2, -0.15) is 4.52 Å². The first kappa shape index (κ1) is 9.59. The molecule has 0 aromatic carbocycles. The summed E-state index contributed by atoms with van der Waals surface area (Å²) in [5.41, 5.74) is 0.796. The average molecular weight is 219 g/mol. The van der Waals surface area contributed by atoms with E-state index in [1.165, 1.54) is 0 Å². The maximum Gasteiger partial charge on any atom is 0.216 e. The molecule has 1 atom stereocenters. The van der Waals surface area contributed by atoms with Crippen molar-refractivity contribution in [1.29, 1.82) is 0 Å². The van der Waals surface area contributed by atoms with Crippen molar-refractivity contribution in [3.63, 3.8) is 0 Å². The highest BCUT2D eigenvalue weighted by Gasteiger charge is 2.22. The fourth-order valence-corrected chi connectivity index (χ4v) is 1.97. The monoisotopic (exact) mass is 219 g/mol. The molecule has 0 saturated carbocycles. The molecule has 0 amide bonds. The predicted molar refractivity (Wildman–Crippen MR) is 57.5 cm³/mol. The summed E-state index contributed by atoms with van der Waals surface area (Å²) in [5.74, 6) is 1.44. The minimum absolute atomic E-state index is 0.0459. The summed E-state index contributed by atoms with van der Waals surface area (Å²) in [5, 5.41) is 4.42. The number of rotatable bonds is 2. The van der Waals surface area contributed by atoms with E-state index < -0.39 is 0 Å². The van der Waals surface area contributed by atoms with Crippen molar-refractivity contribution in [2.24, 2.45) is 0 Å². The Morgan fingerprint density at radius 1 is 1.50 bits per heavy atom. The van der Waals surface area contributed by atoms with Gasteiger partial charge < -0.3 is 9.47 Å². The lowest BCUT2D eigenvalue weighted by Gasteiger charge is -2.02. The van der Waals surface area contributed by atoms with Gasteiger partial charge in [0.05, 0.1) is 7.11 Å². The SMILES string of the molecule is COc1cccc2nc(C3CCCO3)nn12. The van der Waals surface area contributed by atoms with E-state index in [1.807, 2.05) is 18.2 Å². The number of methoxy groups -OCH3 is 1. The third kappa shape index (κ3) is 1.44. The van der Waals surface area contributed by atoms with E-state index in [1.54, 1.807) is 11.6 Å². The fraction of sp³-hybridized carbons (Fsp3) is 0.455. The fourth-order valence-electron chi connectivity index (χ4n) is 1.97. The summed E-state index contributed by atoms with van der Waals surface area (Å²) in [6, 6.07) is 5.68. The number of hydrogen-bond acceptors (Lipinski definition) is 4. The van der Waals surface area contributed by atoms with Crippen molar-refractivity contribution in [2.45, 2.75) is 18.9 Å². The molecular weight excluding hydrogens is 206 g/mol. The molecule has 1 saturated heterocycles. The zero-order chi connectivity index (χ0) is 11.0. The molecular formula is C11H13N3O2. The van der Waals surface area contributed by atoms with Crippen LogP contribution < -0.4 is 4.74 Å². The lowest BCUT2D eigenvalue weighted by atomic mass is 10.2. The van der Waals surface area contributed by atoms with Gasteiger partial charge in [0.25, 0.3) is 0 Å². The van der Waals surface area contributed by atoms with Crippen LogP contribution in [0.25, 0.3) is 5.65 Å². The highest BCUT2D eigenvalue weighted by Crippen LogP contribution is 2.27. The summed E-state index contributed by atoms with van der Waals surface area (Å²) in [4.78, 5) is 4.45. The van der Waals surface area contributed by atoms with Crippen molar-refractivity contribution in [3.8, 4) is 5.88 Å². The molecule has 1 unspecified atom stereocenters. The van der Waals surface area contributed by atoms with Gasteiger partial charge in [-0.05, 0) is 18.9 Å². The molecule has 5 heteroatoms. The molecule has 3 heterocycles. The summed E-state index contributed by atoms with van der Waals surface area (Å²) in [6.45, 7) is 0.803. The van der Waals surface area contributed by atoms with Crippen LogP contribution in [0, 0.1) is 0 Å². The van der Waals surface area contributed by atoms with Gasteiger partial charge in [-0.3, -0.25) is 0 Å². The van der Waals surface area contributed by atoms with Gasteiger partial charge >= 0.3 is 0 Å². The Hall–Kier alpha value is -1.62. The number of ether oxygens (including phenoxy) is 2. The molecule has 0 bridgehead atoms. The zero-order valence-electron chi connectivity index (χ0n) is 9.09.